The van der Waals surface area contributed by atoms with Crippen LogP contribution < -0.4 is 16.4 Å². The number of benzene rings is 2. The van der Waals surface area contributed by atoms with Gasteiger partial charge in [-0.05, 0) is 61.3 Å². The zero-order valence-corrected chi connectivity index (χ0v) is 16.2. The first-order valence-corrected chi connectivity index (χ1v) is 9.68. The lowest BCUT2D eigenvalue weighted by atomic mass is 9.97. The molecule has 1 unspecified atom stereocenters. The third-order valence-corrected chi connectivity index (χ3v) is 5.02. The van der Waals surface area contributed by atoms with Gasteiger partial charge in [-0.3, -0.25) is 14.5 Å². The summed E-state index contributed by atoms with van der Waals surface area (Å²) >= 11 is 0. The molecule has 3 rings (SSSR count). The lowest BCUT2D eigenvalue weighted by Crippen LogP contribution is -2.40. The number of hydrogen-bond donors (Lipinski definition) is 3. The maximum atomic E-state index is 12.1. The van der Waals surface area contributed by atoms with Gasteiger partial charge in [0.2, 0.25) is 11.8 Å². The van der Waals surface area contributed by atoms with Crippen molar-refractivity contribution in [2.75, 3.05) is 30.3 Å². The van der Waals surface area contributed by atoms with Crippen molar-refractivity contribution >= 4 is 23.2 Å². The largest absolute Gasteiger partial charge is 0.376 e. The Kier molecular flexibility index (Phi) is 6.82. The van der Waals surface area contributed by atoms with Crippen LogP contribution in [0.2, 0.25) is 0 Å². The summed E-state index contributed by atoms with van der Waals surface area (Å²) in [5.41, 5.74) is 8.66. The molecule has 1 saturated heterocycles. The third kappa shape index (κ3) is 6.06. The van der Waals surface area contributed by atoms with Crippen LogP contribution in [0.15, 0.2) is 48.5 Å². The second-order valence-electron chi connectivity index (χ2n) is 7.26. The minimum atomic E-state index is -0.220. The summed E-state index contributed by atoms with van der Waals surface area (Å²) < 4.78 is 0. The average Bonchev–Trinajstić information content (AvgIpc) is 2.74. The second-order valence-corrected chi connectivity index (χ2v) is 7.26. The molecule has 2 aromatic carbocycles. The van der Waals surface area contributed by atoms with Crippen LogP contribution in [0.3, 0.4) is 0 Å². The fraction of sp³-hybridized carbons (Fsp3) is 0.318. The molecule has 0 radical (unpaired) electrons. The van der Waals surface area contributed by atoms with E-state index in [0.29, 0.717) is 12.1 Å². The Morgan fingerprint density at radius 3 is 2.45 bits per heavy atom. The van der Waals surface area contributed by atoms with Crippen LogP contribution in [0.5, 0.6) is 0 Å². The van der Waals surface area contributed by atoms with E-state index >= 15 is 0 Å². The lowest BCUT2D eigenvalue weighted by molar-refractivity contribution is -0.123. The van der Waals surface area contributed by atoms with Gasteiger partial charge in [-0.2, -0.15) is 5.26 Å². The van der Waals surface area contributed by atoms with E-state index in [-0.39, 0.29) is 24.3 Å². The van der Waals surface area contributed by atoms with Crippen molar-refractivity contribution in [2.24, 2.45) is 11.7 Å². The highest BCUT2D eigenvalue weighted by Gasteiger charge is 2.23. The highest BCUT2D eigenvalue weighted by atomic mass is 16.2. The Morgan fingerprint density at radius 1 is 1.10 bits per heavy atom. The first kappa shape index (κ1) is 20.4. The van der Waals surface area contributed by atoms with Crippen LogP contribution in [0, 0.1) is 17.2 Å². The van der Waals surface area contributed by atoms with Crippen LogP contribution >= 0.6 is 0 Å². The maximum Gasteiger partial charge on any atom is 0.243 e. The molecule has 0 aromatic heterocycles. The van der Waals surface area contributed by atoms with Gasteiger partial charge in [0.1, 0.15) is 0 Å². The molecular weight excluding hydrogens is 366 g/mol. The van der Waals surface area contributed by atoms with Crippen molar-refractivity contribution in [3.8, 4) is 6.07 Å². The fourth-order valence-electron chi connectivity index (χ4n) is 3.43. The number of anilines is 2. The van der Waals surface area contributed by atoms with Gasteiger partial charge in [-0.25, -0.2) is 0 Å². The van der Waals surface area contributed by atoms with Gasteiger partial charge in [-0.15, -0.1) is 0 Å². The SMILES string of the molecule is N#Cc1ccc(NCC(=O)Nc2ccc(CN3CCCC(C(N)=O)C3)cc2)cc1. The molecule has 150 valence electrons. The molecule has 29 heavy (non-hydrogen) atoms. The number of carbonyl (C=O) groups is 2. The number of nitrogens with zero attached hydrogens (tertiary/aromatic N) is 2. The number of rotatable bonds is 7. The van der Waals surface area contributed by atoms with E-state index in [4.69, 9.17) is 11.0 Å². The van der Waals surface area contributed by atoms with Gasteiger partial charge < -0.3 is 16.4 Å². The quantitative estimate of drug-likeness (QED) is 0.671. The summed E-state index contributed by atoms with van der Waals surface area (Å²) in [4.78, 5) is 25.8. The number of likely N-dealkylation sites (tertiary alicyclic amines) is 1. The minimum Gasteiger partial charge on any atom is -0.376 e. The van der Waals surface area contributed by atoms with Crippen molar-refractivity contribution in [2.45, 2.75) is 19.4 Å². The van der Waals surface area contributed by atoms with Crippen molar-refractivity contribution < 1.29 is 9.59 Å². The summed E-state index contributed by atoms with van der Waals surface area (Å²) in [5.74, 6) is -0.435. The molecule has 1 aliphatic heterocycles. The van der Waals surface area contributed by atoms with E-state index in [0.717, 1.165) is 42.9 Å². The molecule has 0 spiro atoms. The van der Waals surface area contributed by atoms with Crippen LogP contribution in [-0.4, -0.2) is 36.3 Å². The number of piperidine rings is 1. The highest BCUT2D eigenvalue weighted by Crippen LogP contribution is 2.19. The molecule has 7 nitrogen and oxygen atoms in total. The van der Waals surface area contributed by atoms with Crippen molar-refractivity contribution in [1.29, 1.82) is 5.26 Å². The number of amides is 2. The second kappa shape index (κ2) is 9.71. The zero-order valence-electron chi connectivity index (χ0n) is 16.2. The first-order chi connectivity index (χ1) is 14.0. The first-order valence-electron chi connectivity index (χ1n) is 9.68. The van der Waals surface area contributed by atoms with Crippen LogP contribution in [0.4, 0.5) is 11.4 Å². The molecule has 1 fully saturated rings. The molecule has 1 atom stereocenters. The van der Waals surface area contributed by atoms with E-state index in [1.165, 1.54) is 0 Å². The smallest absolute Gasteiger partial charge is 0.243 e. The lowest BCUT2D eigenvalue weighted by Gasteiger charge is -2.31. The monoisotopic (exact) mass is 391 g/mol. The molecule has 4 N–H and O–H groups in total. The molecule has 2 amide bonds. The van der Waals surface area contributed by atoms with E-state index in [2.05, 4.69) is 21.6 Å². The number of nitriles is 1. The zero-order chi connectivity index (χ0) is 20.6. The fourth-order valence-corrected chi connectivity index (χ4v) is 3.43. The number of nitrogens with one attached hydrogen (secondary N) is 2. The number of primary amides is 1. The Balaban J connectivity index is 1.46. The van der Waals surface area contributed by atoms with Gasteiger partial charge in [0.05, 0.1) is 24.1 Å². The number of carbonyl (C=O) groups excluding carboxylic acids is 2. The maximum absolute atomic E-state index is 12.1. The molecule has 1 heterocycles. The summed E-state index contributed by atoms with van der Waals surface area (Å²) in [5, 5.41) is 14.7. The van der Waals surface area contributed by atoms with Crippen molar-refractivity contribution in [3.05, 3.63) is 59.7 Å². The number of hydrogen-bond acceptors (Lipinski definition) is 5. The molecule has 0 aliphatic carbocycles. The van der Waals surface area contributed by atoms with Gasteiger partial charge >= 0.3 is 0 Å². The van der Waals surface area contributed by atoms with E-state index in [1.54, 1.807) is 24.3 Å². The average molecular weight is 391 g/mol. The van der Waals surface area contributed by atoms with E-state index in [9.17, 15) is 9.59 Å². The summed E-state index contributed by atoms with van der Waals surface area (Å²) in [7, 11) is 0. The van der Waals surface area contributed by atoms with Crippen molar-refractivity contribution in [3.63, 3.8) is 0 Å². The predicted octanol–water partition coefficient (Wildman–Crippen LogP) is 2.31. The third-order valence-electron chi connectivity index (χ3n) is 5.02. The molecule has 0 bridgehead atoms. The number of nitrogens with two attached hydrogens (primary N) is 1. The van der Waals surface area contributed by atoms with Crippen LogP contribution in [0.1, 0.15) is 24.0 Å². The van der Waals surface area contributed by atoms with Crippen molar-refractivity contribution in [1.82, 2.24) is 4.90 Å². The summed E-state index contributed by atoms with van der Waals surface area (Å²) in [6.45, 7) is 2.56. The molecular formula is C22H25N5O2. The summed E-state index contributed by atoms with van der Waals surface area (Å²) in [6.07, 6.45) is 1.85. The highest BCUT2D eigenvalue weighted by molar-refractivity contribution is 5.93. The Hall–Kier alpha value is -3.37. The molecule has 7 heteroatoms. The topological polar surface area (TPSA) is 111 Å². The van der Waals surface area contributed by atoms with Gasteiger partial charge in [0.25, 0.3) is 0 Å². The normalized spacial score (nSPS) is 16.6. The standard InChI is InChI=1S/C22H25N5O2/c23-12-16-3-7-19(8-4-16)25-13-21(28)26-20-9-5-17(6-10-20)14-27-11-1-2-18(15-27)22(24)29/h3-10,18,25H,1-2,11,13-15H2,(H2,24,29)(H,26,28). The Labute approximate surface area is 170 Å². The predicted molar refractivity (Wildman–Crippen MR) is 112 cm³/mol. The van der Waals surface area contributed by atoms with Crippen LogP contribution in [-0.2, 0) is 16.1 Å². The Bertz CT molecular complexity index is 887. The molecule has 1 aliphatic rings. The van der Waals surface area contributed by atoms with Crippen LogP contribution in [0.25, 0.3) is 0 Å². The molecule has 2 aromatic rings. The van der Waals surface area contributed by atoms with Gasteiger partial charge in [0.15, 0.2) is 0 Å². The summed E-state index contributed by atoms with van der Waals surface area (Å²) in [6, 6.07) is 16.7. The Morgan fingerprint density at radius 2 is 1.79 bits per heavy atom. The molecule has 0 saturated carbocycles. The van der Waals surface area contributed by atoms with E-state index in [1.807, 2.05) is 24.3 Å². The van der Waals surface area contributed by atoms with Gasteiger partial charge in [0, 0.05) is 24.5 Å². The minimum absolute atomic E-state index is 0.0640. The van der Waals surface area contributed by atoms with E-state index < -0.39 is 0 Å². The van der Waals surface area contributed by atoms with Gasteiger partial charge in [-0.1, -0.05) is 12.1 Å².